The summed E-state index contributed by atoms with van der Waals surface area (Å²) in [5.41, 5.74) is 6.52. The Morgan fingerprint density at radius 2 is 1.55 bits per heavy atom. The van der Waals surface area contributed by atoms with Crippen molar-refractivity contribution in [2.24, 2.45) is 0 Å². The molecule has 0 radical (unpaired) electrons. The number of aryl methyl sites for hydroxylation is 1. The van der Waals surface area contributed by atoms with Crippen LogP contribution in [0, 0.1) is 20.8 Å². The van der Waals surface area contributed by atoms with Gasteiger partial charge in [-0.25, -0.2) is 4.79 Å². The second kappa shape index (κ2) is 9.84. The van der Waals surface area contributed by atoms with E-state index in [0.717, 1.165) is 33.8 Å². The second-order valence-electron chi connectivity index (χ2n) is 8.32. The molecule has 0 spiro atoms. The number of hydrogen-bond acceptors (Lipinski definition) is 3. The minimum Gasteiger partial charge on any atom is -0.491 e. The number of ether oxygens (including phenoxy) is 1. The van der Waals surface area contributed by atoms with E-state index in [1.54, 1.807) is 0 Å². The van der Waals surface area contributed by atoms with Gasteiger partial charge >= 0.3 is 5.97 Å². The lowest BCUT2D eigenvalue weighted by Gasteiger charge is -2.11. The van der Waals surface area contributed by atoms with E-state index < -0.39 is 5.97 Å². The third-order valence-corrected chi connectivity index (χ3v) is 5.51. The predicted octanol–water partition coefficient (Wildman–Crippen LogP) is 5.24. The van der Waals surface area contributed by atoms with Crippen LogP contribution < -0.4 is 10.1 Å². The van der Waals surface area contributed by atoms with Gasteiger partial charge in [-0.05, 0) is 57.9 Å². The highest BCUT2D eigenvalue weighted by Crippen LogP contribution is 2.24. The van der Waals surface area contributed by atoms with Crippen molar-refractivity contribution < 1.29 is 14.6 Å². The van der Waals surface area contributed by atoms with Gasteiger partial charge < -0.3 is 19.7 Å². The molecule has 0 bridgehead atoms. The summed E-state index contributed by atoms with van der Waals surface area (Å²) < 4.78 is 7.78. The van der Waals surface area contributed by atoms with Gasteiger partial charge in [0.05, 0.1) is 11.7 Å². The van der Waals surface area contributed by atoms with Gasteiger partial charge in [-0.1, -0.05) is 42.0 Å². The van der Waals surface area contributed by atoms with Gasteiger partial charge in [-0.15, -0.1) is 0 Å². The van der Waals surface area contributed by atoms with E-state index in [1.807, 2.05) is 52.0 Å². The molecule has 164 valence electrons. The molecule has 0 atom stereocenters. The van der Waals surface area contributed by atoms with Crippen LogP contribution in [0.5, 0.6) is 5.75 Å². The quantitative estimate of drug-likeness (QED) is 0.497. The molecule has 0 amide bonds. The maximum Gasteiger partial charge on any atom is 0.337 e. The van der Waals surface area contributed by atoms with Crippen LogP contribution in [0.25, 0.3) is 0 Å². The van der Waals surface area contributed by atoms with Crippen molar-refractivity contribution in [3.05, 3.63) is 87.7 Å². The van der Waals surface area contributed by atoms with Crippen molar-refractivity contribution >= 4 is 5.97 Å². The highest BCUT2D eigenvalue weighted by molar-refractivity contribution is 5.91. The number of nitrogens with one attached hydrogen (secondary N) is 1. The normalized spacial score (nSPS) is 11.2. The van der Waals surface area contributed by atoms with Crippen molar-refractivity contribution in [1.29, 1.82) is 0 Å². The van der Waals surface area contributed by atoms with Gasteiger partial charge in [0.2, 0.25) is 0 Å². The molecular formula is C26H32N2O3. The van der Waals surface area contributed by atoms with E-state index in [0.29, 0.717) is 25.2 Å². The van der Waals surface area contributed by atoms with Crippen LogP contribution in [0.1, 0.15) is 57.8 Å². The lowest BCUT2D eigenvalue weighted by molar-refractivity contribution is 0.0694. The van der Waals surface area contributed by atoms with Crippen LogP contribution in [0.2, 0.25) is 0 Å². The smallest absolute Gasteiger partial charge is 0.337 e. The molecule has 0 saturated heterocycles. The zero-order valence-corrected chi connectivity index (χ0v) is 19.0. The van der Waals surface area contributed by atoms with Crippen molar-refractivity contribution in [2.45, 2.75) is 60.4 Å². The average molecular weight is 421 g/mol. The number of benzene rings is 2. The van der Waals surface area contributed by atoms with Gasteiger partial charge in [0.25, 0.3) is 0 Å². The maximum atomic E-state index is 12.0. The Morgan fingerprint density at radius 3 is 2.13 bits per heavy atom. The Hall–Kier alpha value is -3.05. The number of aromatic nitrogens is 1. The van der Waals surface area contributed by atoms with E-state index in [1.165, 1.54) is 5.56 Å². The number of hydrogen-bond donors (Lipinski definition) is 2. The van der Waals surface area contributed by atoms with Gasteiger partial charge in [0.15, 0.2) is 0 Å². The molecule has 2 aromatic carbocycles. The molecule has 1 heterocycles. The molecule has 31 heavy (non-hydrogen) atoms. The second-order valence-corrected chi connectivity index (χ2v) is 8.32. The molecule has 3 aromatic rings. The summed E-state index contributed by atoms with van der Waals surface area (Å²) in [6, 6.07) is 16.4. The van der Waals surface area contributed by atoms with Crippen LogP contribution in [-0.4, -0.2) is 21.7 Å². The van der Waals surface area contributed by atoms with E-state index in [9.17, 15) is 9.90 Å². The van der Waals surface area contributed by atoms with Gasteiger partial charge in [0.1, 0.15) is 5.75 Å². The zero-order valence-electron chi connectivity index (χ0n) is 19.0. The first kappa shape index (κ1) is 22.6. The van der Waals surface area contributed by atoms with Crippen LogP contribution >= 0.6 is 0 Å². The molecule has 5 nitrogen and oxygen atoms in total. The Balaban J connectivity index is 1.74. The molecule has 2 N–H and O–H groups in total. The van der Waals surface area contributed by atoms with E-state index in [4.69, 9.17) is 4.74 Å². The molecule has 1 aromatic heterocycles. The lowest BCUT2D eigenvalue weighted by atomic mass is 10.1. The monoisotopic (exact) mass is 420 g/mol. The molecule has 5 heteroatoms. The van der Waals surface area contributed by atoms with Crippen LogP contribution in [0.15, 0.2) is 48.5 Å². The standard InChI is InChI=1S/C26H32N2O3/c1-17(2)31-23-12-10-21(11-13-23)14-27-15-24-19(4)28(20(5)25(24)26(29)30)16-22-8-6-18(3)7-9-22/h6-13,17,27H,14-16H2,1-5H3,(H,29,30). The number of rotatable bonds is 9. The highest BCUT2D eigenvalue weighted by Gasteiger charge is 2.22. The largest absolute Gasteiger partial charge is 0.491 e. The fraction of sp³-hybridized carbons (Fsp3) is 0.346. The first-order chi connectivity index (χ1) is 14.8. The third-order valence-electron chi connectivity index (χ3n) is 5.51. The average Bonchev–Trinajstić information content (AvgIpc) is 2.95. The number of nitrogens with zero attached hydrogens (tertiary/aromatic N) is 1. The Bertz CT molecular complexity index is 1030. The van der Waals surface area contributed by atoms with Crippen LogP contribution in [-0.2, 0) is 19.6 Å². The minimum absolute atomic E-state index is 0.147. The molecule has 0 aliphatic heterocycles. The maximum absolute atomic E-state index is 12.0. The summed E-state index contributed by atoms with van der Waals surface area (Å²) in [7, 11) is 0. The first-order valence-electron chi connectivity index (χ1n) is 10.7. The Morgan fingerprint density at radius 1 is 0.935 bits per heavy atom. The molecule has 0 aliphatic rings. The summed E-state index contributed by atoms with van der Waals surface area (Å²) in [6.07, 6.45) is 0.147. The fourth-order valence-corrected chi connectivity index (χ4v) is 3.85. The zero-order chi connectivity index (χ0) is 22.5. The molecule has 0 saturated carbocycles. The fourth-order valence-electron chi connectivity index (χ4n) is 3.85. The molecule has 0 fully saturated rings. The summed E-state index contributed by atoms with van der Waals surface area (Å²) in [6.45, 7) is 11.8. The number of carbonyl (C=O) groups is 1. The van der Waals surface area contributed by atoms with E-state index in [-0.39, 0.29) is 6.10 Å². The number of carboxylic acids is 1. The first-order valence-corrected chi connectivity index (χ1v) is 10.7. The minimum atomic E-state index is -0.879. The van der Waals surface area contributed by atoms with Crippen molar-refractivity contribution in [3.8, 4) is 5.75 Å². The summed E-state index contributed by atoms with van der Waals surface area (Å²) >= 11 is 0. The molecule has 0 unspecified atom stereocenters. The topological polar surface area (TPSA) is 63.5 Å². The van der Waals surface area contributed by atoms with Gasteiger partial charge in [-0.3, -0.25) is 0 Å². The lowest BCUT2D eigenvalue weighted by Crippen LogP contribution is -2.15. The predicted molar refractivity (Wildman–Crippen MR) is 124 cm³/mol. The molecule has 0 aliphatic carbocycles. The molecule has 3 rings (SSSR count). The van der Waals surface area contributed by atoms with Crippen LogP contribution in [0.3, 0.4) is 0 Å². The third kappa shape index (κ3) is 5.56. The number of carboxylic acid groups (broad SMARTS) is 1. The van der Waals surface area contributed by atoms with E-state index in [2.05, 4.69) is 41.1 Å². The van der Waals surface area contributed by atoms with Crippen molar-refractivity contribution in [3.63, 3.8) is 0 Å². The summed E-state index contributed by atoms with van der Waals surface area (Å²) in [4.78, 5) is 12.0. The van der Waals surface area contributed by atoms with Gasteiger partial charge in [-0.2, -0.15) is 0 Å². The summed E-state index contributed by atoms with van der Waals surface area (Å²) in [5, 5.41) is 13.3. The Labute approximate surface area is 184 Å². The molecular weight excluding hydrogens is 388 g/mol. The van der Waals surface area contributed by atoms with E-state index >= 15 is 0 Å². The Kier molecular flexibility index (Phi) is 7.18. The van der Waals surface area contributed by atoms with Gasteiger partial charge in [0, 0.05) is 36.6 Å². The van der Waals surface area contributed by atoms with Crippen LogP contribution in [0.4, 0.5) is 0 Å². The summed E-state index contributed by atoms with van der Waals surface area (Å²) in [5.74, 6) is -0.0261. The van der Waals surface area contributed by atoms with Crippen molar-refractivity contribution in [1.82, 2.24) is 9.88 Å². The SMILES string of the molecule is Cc1ccc(Cn2c(C)c(CNCc3ccc(OC(C)C)cc3)c(C(=O)O)c2C)cc1. The van der Waals surface area contributed by atoms with Crippen molar-refractivity contribution in [2.75, 3.05) is 0 Å². The number of aromatic carboxylic acids is 1. The highest BCUT2D eigenvalue weighted by atomic mass is 16.5.